The largest absolute Gasteiger partial charge is 0.618 e. The van der Waals surface area contributed by atoms with Gasteiger partial charge in [-0.3, -0.25) is 9.59 Å². The topological polar surface area (TPSA) is 155 Å². The predicted molar refractivity (Wildman–Crippen MR) is 152 cm³/mol. The number of aromatic amines is 1. The van der Waals surface area contributed by atoms with Crippen molar-refractivity contribution < 1.29 is 22.7 Å². The molecule has 1 aromatic carbocycles. The molecule has 1 aliphatic carbocycles. The molecule has 42 heavy (non-hydrogen) atoms. The summed E-state index contributed by atoms with van der Waals surface area (Å²) < 4.78 is 29.3. The van der Waals surface area contributed by atoms with Gasteiger partial charge in [0, 0.05) is 73.1 Å². The lowest BCUT2D eigenvalue weighted by Crippen LogP contribution is -2.57. The summed E-state index contributed by atoms with van der Waals surface area (Å²) in [5.41, 5.74) is 2.02. The molecule has 1 unspecified atom stereocenters. The minimum atomic E-state index is -3.98. The van der Waals surface area contributed by atoms with Gasteiger partial charge in [0.15, 0.2) is 6.20 Å². The lowest BCUT2D eigenvalue weighted by atomic mass is 10.1. The van der Waals surface area contributed by atoms with E-state index in [4.69, 9.17) is 6.42 Å². The second kappa shape index (κ2) is 10.9. The van der Waals surface area contributed by atoms with Gasteiger partial charge in [-0.1, -0.05) is 5.92 Å². The fourth-order valence-electron chi connectivity index (χ4n) is 5.04. The summed E-state index contributed by atoms with van der Waals surface area (Å²) in [6.07, 6.45) is 11.3. The quantitative estimate of drug-likeness (QED) is 0.189. The Morgan fingerprint density at radius 1 is 1.14 bits per heavy atom. The average Bonchev–Trinajstić information content (AvgIpc) is 3.70. The first-order chi connectivity index (χ1) is 20.2. The van der Waals surface area contributed by atoms with E-state index in [1.807, 2.05) is 0 Å². The molecule has 6 rings (SSSR count). The maximum absolute atomic E-state index is 13.7. The monoisotopic (exact) mass is 585 g/mol. The number of terminal acetylenes is 1. The van der Waals surface area contributed by atoms with Crippen LogP contribution in [0.5, 0.6) is 0 Å². The van der Waals surface area contributed by atoms with Crippen LogP contribution in [-0.4, -0.2) is 76.1 Å². The predicted octanol–water partition coefficient (Wildman–Crippen LogP) is 1.42. The van der Waals surface area contributed by atoms with Crippen LogP contribution in [0.1, 0.15) is 35.4 Å². The molecule has 2 N–H and O–H groups in total. The van der Waals surface area contributed by atoms with Gasteiger partial charge in [-0.25, -0.2) is 18.4 Å². The zero-order chi connectivity index (χ0) is 29.4. The molecule has 13 heteroatoms. The molecule has 12 nitrogen and oxygen atoms in total. The summed E-state index contributed by atoms with van der Waals surface area (Å²) in [5.74, 6) is 1.64. The number of carbonyl (C=O) groups is 2. The number of aromatic nitrogens is 4. The SMILES string of the molecule is C#Cc1ccc2[nH]c(S(=O)(=O)N3CCN(C(=O)c4ncc(-c5cccc[n+]5[O-])cn4)C(CC(=O)NC4CC4)C3)cc2c1. The number of amides is 2. The highest BCUT2D eigenvalue weighted by Crippen LogP contribution is 2.26. The number of rotatable bonds is 7. The summed E-state index contributed by atoms with van der Waals surface area (Å²) in [7, 11) is -3.98. The van der Waals surface area contributed by atoms with Gasteiger partial charge in [0.2, 0.25) is 17.4 Å². The summed E-state index contributed by atoms with van der Waals surface area (Å²) in [6, 6.07) is 11.0. The summed E-state index contributed by atoms with van der Waals surface area (Å²) in [6.45, 7) is -0.0429. The van der Waals surface area contributed by atoms with Crippen LogP contribution in [0.25, 0.3) is 22.2 Å². The minimum absolute atomic E-state index is 0.00285. The number of H-pyrrole nitrogens is 1. The molecule has 3 aromatic heterocycles. The average molecular weight is 586 g/mol. The van der Waals surface area contributed by atoms with Crippen LogP contribution < -0.4 is 10.0 Å². The first-order valence-corrected chi connectivity index (χ1v) is 14.9. The van der Waals surface area contributed by atoms with Crippen molar-refractivity contribution in [2.24, 2.45) is 0 Å². The van der Waals surface area contributed by atoms with Crippen molar-refractivity contribution in [1.82, 2.24) is 29.5 Å². The first-order valence-electron chi connectivity index (χ1n) is 13.4. The first kappa shape index (κ1) is 27.4. The van der Waals surface area contributed by atoms with E-state index in [2.05, 4.69) is 26.2 Å². The highest BCUT2D eigenvalue weighted by molar-refractivity contribution is 7.89. The number of hydrogen-bond acceptors (Lipinski definition) is 7. The molecule has 1 saturated heterocycles. The van der Waals surface area contributed by atoms with Gasteiger partial charge >= 0.3 is 0 Å². The maximum Gasteiger partial charge on any atom is 0.292 e. The molecule has 1 atom stereocenters. The molecule has 0 spiro atoms. The van der Waals surface area contributed by atoms with E-state index in [1.165, 1.54) is 33.9 Å². The van der Waals surface area contributed by atoms with Gasteiger partial charge in [0.25, 0.3) is 15.9 Å². The number of nitrogens with zero attached hydrogens (tertiary/aromatic N) is 5. The second-order valence-electron chi connectivity index (χ2n) is 10.3. The number of nitrogens with one attached hydrogen (secondary N) is 2. The van der Waals surface area contributed by atoms with Crippen LogP contribution in [0.2, 0.25) is 0 Å². The van der Waals surface area contributed by atoms with Crippen LogP contribution in [0, 0.1) is 17.6 Å². The van der Waals surface area contributed by atoms with E-state index in [1.54, 1.807) is 36.4 Å². The standard InChI is InChI=1S/C29H27N7O5S/c1-2-19-6-9-24-20(13-19)14-27(33-24)42(40,41)34-11-12-35(23(18-34)15-26(37)32-22-7-8-22)29(38)28-30-16-21(17-31-28)25-5-3-4-10-36(25)39/h1,3-6,9-10,13-14,16-17,22-23,33H,7-8,11-12,15,18H2,(H,32,37). The van der Waals surface area contributed by atoms with Crippen LogP contribution in [0.15, 0.2) is 66.1 Å². The molecule has 214 valence electrons. The van der Waals surface area contributed by atoms with Crippen molar-refractivity contribution in [1.29, 1.82) is 0 Å². The second-order valence-corrected chi connectivity index (χ2v) is 12.3. The Morgan fingerprint density at radius 2 is 1.93 bits per heavy atom. The highest BCUT2D eigenvalue weighted by atomic mass is 32.2. The smallest absolute Gasteiger partial charge is 0.292 e. The molecule has 1 aliphatic heterocycles. The molecular weight excluding hydrogens is 558 g/mol. The third-order valence-corrected chi connectivity index (χ3v) is 9.20. The van der Waals surface area contributed by atoms with Gasteiger partial charge in [-0.2, -0.15) is 9.04 Å². The van der Waals surface area contributed by atoms with E-state index >= 15 is 0 Å². The molecule has 4 heterocycles. The number of hydrogen-bond donors (Lipinski definition) is 2. The Labute approximate surface area is 242 Å². The van der Waals surface area contributed by atoms with Crippen molar-refractivity contribution in [3.8, 4) is 23.6 Å². The molecule has 4 aromatic rings. The number of sulfonamides is 1. The van der Waals surface area contributed by atoms with Crippen LogP contribution >= 0.6 is 0 Å². The minimum Gasteiger partial charge on any atom is -0.618 e. The molecular formula is C29H27N7O5S. The van der Waals surface area contributed by atoms with Crippen LogP contribution in [0.4, 0.5) is 0 Å². The van der Waals surface area contributed by atoms with E-state index in [0.717, 1.165) is 12.8 Å². The van der Waals surface area contributed by atoms with Crippen molar-refractivity contribution >= 4 is 32.7 Å². The van der Waals surface area contributed by atoms with Crippen molar-refractivity contribution in [3.63, 3.8) is 0 Å². The Morgan fingerprint density at radius 3 is 2.64 bits per heavy atom. The fourth-order valence-corrected chi connectivity index (χ4v) is 6.52. The van der Waals surface area contributed by atoms with Gasteiger partial charge in [-0.05, 0) is 43.2 Å². The fraction of sp³-hybridized carbons (Fsp3) is 0.276. The number of carbonyl (C=O) groups excluding carboxylic acids is 2. The van der Waals surface area contributed by atoms with Crippen molar-refractivity contribution in [2.75, 3.05) is 19.6 Å². The third-order valence-electron chi connectivity index (χ3n) is 7.41. The summed E-state index contributed by atoms with van der Waals surface area (Å²) >= 11 is 0. The van der Waals surface area contributed by atoms with E-state index < -0.39 is 22.0 Å². The lowest BCUT2D eigenvalue weighted by molar-refractivity contribution is -0.593. The zero-order valence-corrected chi connectivity index (χ0v) is 23.3. The van der Waals surface area contributed by atoms with E-state index in [-0.39, 0.29) is 48.9 Å². The number of benzene rings is 1. The number of pyridine rings is 1. The van der Waals surface area contributed by atoms with E-state index in [9.17, 15) is 23.2 Å². The molecule has 1 saturated carbocycles. The Kier molecular flexibility index (Phi) is 7.09. The van der Waals surface area contributed by atoms with Crippen molar-refractivity contribution in [2.45, 2.75) is 36.4 Å². The Hall–Kier alpha value is -4.80. The lowest BCUT2D eigenvalue weighted by Gasteiger charge is -2.40. The molecule has 0 bridgehead atoms. The Balaban J connectivity index is 1.24. The normalized spacial score (nSPS) is 17.6. The molecule has 2 aliphatic rings. The van der Waals surface area contributed by atoms with Crippen LogP contribution in [0.3, 0.4) is 0 Å². The Bertz CT molecular complexity index is 1830. The summed E-state index contributed by atoms with van der Waals surface area (Å²) in [5, 5.41) is 15.7. The van der Waals surface area contributed by atoms with Crippen molar-refractivity contribution in [3.05, 3.63) is 77.7 Å². The van der Waals surface area contributed by atoms with E-state index in [0.29, 0.717) is 32.5 Å². The zero-order valence-electron chi connectivity index (χ0n) is 22.4. The molecule has 2 amide bonds. The number of piperazine rings is 1. The third kappa shape index (κ3) is 5.41. The van der Waals surface area contributed by atoms with Gasteiger partial charge in [0.05, 0.1) is 11.6 Å². The summed E-state index contributed by atoms with van der Waals surface area (Å²) in [4.78, 5) is 39.1. The van der Waals surface area contributed by atoms with Gasteiger partial charge < -0.3 is 20.4 Å². The molecule has 2 fully saturated rings. The maximum atomic E-state index is 13.7. The van der Waals surface area contributed by atoms with Crippen LogP contribution in [-0.2, 0) is 14.8 Å². The highest BCUT2D eigenvalue weighted by Gasteiger charge is 2.39. The van der Waals surface area contributed by atoms with Gasteiger partial charge in [-0.15, -0.1) is 6.42 Å². The molecule has 0 radical (unpaired) electrons. The van der Waals surface area contributed by atoms with Gasteiger partial charge in [0.1, 0.15) is 5.03 Å². The number of fused-ring (bicyclic) bond motifs is 1.